The van der Waals surface area contributed by atoms with E-state index in [1.807, 2.05) is 37.1 Å². The number of likely N-dealkylation sites (tertiary alicyclic amines) is 1. The third-order valence-corrected chi connectivity index (χ3v) is 4.97. The minimum atomic E-state index is -0.128. The first kappa shape index (κ1) is 18.4. The lowest BCUT2D eigenvalue weighted by atomic mass is 10.1. The van der Waals surface area contributed by atoms with Crippen molar-refractivity contribution in [1.29, 1.82) is 0 Å². The van der Waals surface area contributed by atoms with Crippen molar-refractivity contribution in [3.05, 3.63) is 23.9 Å². The third kappa shape index (κ3) is 3.59. The summed E-state index contributed by atoms with van der Waals surface area (Å²) < 4.78 is 5.31. The average molecular weight is 356 g/mol. The van der Waals surface area contributed by atoms with Crippen LogP contribution in [-0.2, 0) is 4.79 Å². The lowest BCUT2D eigenvalue weighted by Crippen LogP contribution is -2.42. The van der Waals surface area contributed by atoms with Gasteiger partial charge in [-0.2, -0.15) is 0 Å². The number of amides is 1. The molecule has 1 fully saturated rings. The summed E-state index contributed by atoms with van der Waals surface area (Å²) in [5.74, 6) is 1.99. The van der Waals surface area contributed by atoms with E-state index in [4.69, 9.17) is 9.72 Å². The number of aromatic nitrogens is 2. The molecule has 6 nitrogen and oxygen atoms in total. The number of carbonyl (C=O) groups is 1. The Hall–Kier alpha value is -2.37. The van der Waals surface area contributed by atoms with Crippen LogP contribution < -0.4 is 9.64 Å². The number of hydrogen-bond donors (Lipinski definition) is 0. The summed E-state index contributed by atoms with van der Waals surface area (Å²) in [5.41, 5.74) is 1.69. The Morgan fingerprint density at radius 3 is 2.65 bits per heavy atom. The highest BCUT2D eigenvalue weighted by Gasteiger charge is 2.36. The zero-order valence-corrected chi connectivity index (χ0v) is 16.5. The molecular formula is C20H28N4O2. The second-order valence-electron chi connectivity index (χ2n) is 8.12. The van der Waals surface area contributed by atoms with Gasteiger partial charge in [-0.05, 0) is 39.8 Å². The molecule has 0 bridgehead atoms. The van der Waals surface area contributed by atoms with Gasteiger partial charge < -0.3 is 14.5 Å². The molecule has 140 valence electrons. The maximum absolute atomic E-state index is 12.3. The van der Waals surface area contributed by atoms with Crippen molar-refractivity contribution < 1.29 is 9.53 Å². The van der Waals surface area contributed by atoms with Gasteiger partial charge in [-0.3, -0.25) is 4.79 Å². The van der Waals surface area contributed by atoms with Gasteiger partial charge in [0.25, 0.3) is 0 Å². The summed E-state index contributed by atoms with van der Waals surface area (Å²) in [5, 5.41) is 1.03. The number of anilines is 1. The molecule has 26 heavy (non-hydrogen) atoms. The van der Waals surface area contributed by atoms with E-state index < -0.39 is 0 Å². The summed E-state index contributed by atoms with van der Waals surface area (Å²) in [6, 6.07) is 5.85. The van der Waals surface area contributed by atoms with Gasteiger partial charge in [-0.25, -0.2) is 9.97 Å². The first-order chi connectivity index (χ1) is 12.2. The van der Waals surface area contributed by atoms with Crippen molar-refractivity contribution in [2.75, 3.05) is 32.1 Å². The predicted molar refractivity (Wildman–Crippen MR) is 104 cm³/mol. The number of rotatable bonds is 4. The van der Waals surface area contributed by atoms with E-state index in [0.29, 0.717) is 12.4 Å². The van der Waals surface area contributed by atoms with Crippen LogP contribution in [0.3, 0.4) is 0 Å². The fraction of sp³-hybridized carbons (Fsp3) is 0.550. The van der Waals surface area contributed by atoms with Crippen molar-refractivity contribution in [1.82, 2.24) is 14.9 Å². The van der Waals surface area contributed by atoms with Crippen molar-refractivity contribution in [3.8, 4) is 5.75 Å². The summed E-state index contributed by atoms with van der Waals surface area (Å²) >= 11 is 0. The average Bonchev–Trinajstić information content (AvgIpc) is 2.94. The van der Waals surface area contributed by atoms with Crippen LogP contribution >= 0.6 is 0 Å². The van der Waals surface area contributed by atoms with Gasteiger partial charge in [0.1, 0.15) is 5.75 Å². The standard InChI is InChI=1S/C20H28N4O2/c1-13-16-8-7-15(26-6)10-17(16)22-19(21-13)23(5)11-14-9-18(25)24(12-14)20(2,3)4/h7-8,10,14H,9,11-12H2,1-6H3. The molecule has 1 aromatic heterocycles. The third-order valence-electron chi connectivity index (χ3n) is 4.97. The zero-order valence-electron chi connectivity index (χ0n) is 16.5. The molecule has 3 rings (SSSR count). The molecule has 0 aliphatic carbocycles. The fourth-order valence-electron chi connectivity index (χ4n) is 3.57. The Labute approximate surface area is 155 Å². The van der Waals surface area contributed by atoms with Crippen LogP contribution in [0.2, 0.25) is 0 Å². The van der Waals surface area contributed by atoms with Crippen molar-refractivity contribution in [2.24, 2.45) is 5.92 Å². The largest absolute Gasteiger partial charge is 0.497 e. The number of fused-ring (bicyclic) bond motifs is 1. The molecule has 0 radical (unpaired) electrons. The van der Waals surface area contributed by atoms with Gasteiger partial charge in [-0.1, -0.05) is 0 Å². The Morgan fingerprint density at radius 1 is 1.31 bits per heavy atom. The van der Waals surface area contributed by atoms with Crippen LogP contribution in [0.15, 0.2) is 18.2 Å². The van der Waals surface area contributed by atoms with Gasteiger partial charge >= 0.3 is 0 Å². The van der Waals surface area contributed by atoms with Crippen LogP contribution in [0.25, 0.3) is 10.9 Å². The highest BCUT2D eigenvalue weighted by molar-refractivity contribution is 5.83. The van der Waals surface area contributed by atoms with Crippen LogP contribution in [0.5, 0.6) is 5.75 Å². The Bertz CT molecular complexity index is 828. The summed E-state index contributed by atoms with van der Waals surface area (Å²) in [6.07, 6.45) is 0.585. The van der Waals surface area contributed by atoms with E-state index >= 15 is 0 Å². The molecule has 2 heterocycles. The number of methoxy groups -OCH3 is 1. The van der Waals surface area contributed by atoms with Crippen LogP contribution in [0.1, 0.15) is 32.9 Å². The van der Waals surface area contributed by atoms with E-state index in [1.54, 1.807) is 7.11 Å². The minimum absolute atomic E-state index is 0.128. The first-order valence-electron chi connectivity index (χ1n) is 9.03. The number of ether oxygens (including phenoxy) is 1. The molecule has 0 saturated carbocycles. The molecule has 1 aliphatic heterocycles. The van der Waals surface area contributed by atoms with Crippen molar-refractivity contribution in [2.45, 2.75) is 39.7 Å². The SMILES string of the molecule is COc1ccc2c(C)nc(N(C)CC3CC(=O)N(C(C)(C)C)C3)nc2c1. The molecule has 6 heteroatoms. The Morgan fingerprint density at radius 2 is 2.04 bits per heavy atom. The zero-order chi connectivity index (χ0) is 19.1. The monoisotopic (exact) mass is 356 g/mol. The van der Waals surface area contributed by atoms with Crippen LogP contribution in [0.4, 0.5) is 5.95 Å². The maximum Gasteiger partial charge on any atom is 0.225 e. The second kappa shape index (κ2) is 6.74. The highest BCUT2D eigenvalue weighted by Crippen LogP contribution is 2.28. The quantitative estimate of drug-likeness (QED) is 0.843. The van der Waals surface area contributed by atoms with Gasteiger partial charge in [0, 0.05) is 49.5 Å². The van der Waals surface area contributed by atoms with Crippen molar-refractivity contribution in [3.63, 3.8) is 0 Å². The topological polar surface area (TPSA) is 58.6 Å². The highest BCUT2D eigenvalue weighted by atomic mass is 16.5. The molecular weight excluding hydrogens is 328 g/mol. The first-order valence-corrected chi connectivity index (χ1v) is 9.03. The van der Waals surface area contributed by atoms with Crippen LogP contribution in [0, 0.1) is 12.8 Å². The lowest BCUT2D eigenvalue weighted by molar-refractivity contribution is -0.131. The molecule has 1 atom stereocenters. The number of aryl methyl sites for hydroxylation is 1. The molecule has 1 amide bonds. The van der Waals surface area contributed by atoms with E-state index in [0.717, 1.165) is 35.4 Å². The van der Waals surface area contributed by atoms with Crippen LogP contribution in [-0.4, -0.2) is 53.6 Å². The van der Waals surface area contributed by atoms with E-state index in [1.165, 1.54) is 0 Å². The summed E-state index contributed by atoms with van der Waals surface area (Å²) in [7, 11) is 3.64. The van der Waals surface area contributed by atoms with Gasteiger partial charge in [-0.15, -0.1) is 0 Å². The van der Waals surface area contributed by atoms with E-state index in [-0.39, 0.29) is 17.4 Å². The molecule has 0 spiro atoms. The van der Waals surface area contributed by atoms with Crippen molar-refractivity contribution >= 4 is 22.8 Å². The molecule has 0 N–H and O–H groups in total. The predicted octanol–water partition coefficient (Wildman–Crippen LogP) is 3.03. The Kier molecular flexibility index (Phi) is 4.78. The normalized spacial score (nSPS) is 17.8. The molecule has 1 unspecified atom stereocenters. The second-order valence-corrected chi connectivity index (χ2v) is 8.12. The van der Waals surface area contributed by atoms with E-state index in [2.05, 4.69) is 30.7 Å². The van der Waals surface area contributed by atoms with Gasteiger partial charge in [0.2, 0.25) is 11.9 Å². The fourth-order valence-corrected chi connectivity index (χ4v) is 3.57. The van der Waals surface area contributed by atoms with Gasteiger partial charge in [0.15, 0.2) is 0 Å². The van der Waals surface area contributed by atoms with E-state index in [9.17, 15) is 4.79 Å². The molecule has 2 aromatic rings. The summed E-state index contributed by atoms with van der Waals surface area (Å²) in [6.45, 7) is 9.79. The molecule has 1 aliphatic rings. The lowest BCUT2D eigenvalue weighted by Gasteiger charge is -2.32. The summed E-state index contributed by atoms with van der Waals surface area (Å²) in [4.78, 5) is 25.7. The number of carbonyl (C=O) groups excluding carboxylic acids is 1. The Balaban J connectivity index is 1.80. The number of nitrogens with zero attached hydrogens (tertiary/aromatic N) is 4. The minimum Gasteiger partial charge on any atom is -0.497 e. The number of benzene rings is 1. The van der Waals surface area contributed by atoms with Gasteiger partial charge in [0.05, 0.1) is 18.3 Å². The smallest absolute Gasteiger partial charge is 0.225 e. The molecule has 1 saturated heterocycles. The maximum atomic E-state index is 12.3. The number of hydrogen-bond acceptors (Lipinski definition) is 5. The molecule has 1 aromatic carbocycles.